The van der Waals surface area contributed by atoms with Gasteiger partial charge in [-0.15, -0.1) is 0 Å². The number of carboxylic acid groups (broad SMARTS) is 1. The minimum atomic E-state index is -1.10. The summed E-state index contributed by atoms with van der Waals surface area (Å²) in [5.74, 6) is -1.25. The predicted octanol–water partition coefficient (Wildman–Crippen LogP) is 1.82. The molecule has 0 radical (unpaired) electrons. The van der Waals surface area contributed by atoms with Crippen LogP contribution in [-0.4, -0.2) is 67.8 Å². The third kappa shape index (κ3) is 3.72. The van der Waals surface area contributed by atoms with E-state index in [0.717, 1.165) is 0 Å². The molecule has 2 heterocycles. The molecule has 8 nitrogen and oxygen atoms in total. The number of ether oxygens (including phenoxy) is 1. The first-order valence-electron chi connectivity index (χ1n) is 8.74. The van der Waals surface area contributed by atoms with Gasteiger partial charge in [0.2, 0.25) is 0 Å². The van der Waals surface area contributed by atoms with Crippen LogP contribution in [0.1, 0.15) is 23.2 Å². The molecule has 0 spiro atoms. The van der Waals surface area contributed by atoms with Crippen LogP contribution in [0, 0.1) is 5.41 Å². The molecule has 2 saturated heterocycles. The number of likely N-dealkylation sites (tertiary alicyclic amines) is 1. The van der Waals surface area contributed by atoms with Gasteiger partial charge in [0.1, 0.15) is 5.41 Å². The van der Waals surface area contributed by atoms with Gasteiger partial charge in [0.15, 0.2) is 0 Å². The normalized spacial score (nSPS) is 22.7. The Morgan fingerprint density at radius 1 is 1.37 bits per heavy atom. The minimum absolute atomic E-state index is 0.0475. The van der Waals surface area contributed by atoms with E-state index in [2.05, 4.69) is 5.32 Å². The number of nitrogens with one attached hydrogen (secondary N) is 1. The lowest BCUT2D eigenvalue weighted by atomic mass is 9.80. The number of carboxylic acids is 1. The smallest absolute Gasteiger partial charge is 0.322 e. The Morgan fingerprint density at radius 2 is 2.15 bits per heavy atom. The zero-order chi connectivity index (χ0) is 19.6. The number of anilines is 1. The van der Waals surface area contributed by atoms with E-state index in [1.54, 1.807) is 18.2 Å². The number of halogens is 1. The van der Waals surface area contributed by atoms with Gasteiger partial charge in [0.25, 0.3) is 5.91 Å². The molecule has 0 aliphatic carbocycles. The average Bonchev–Trinajstić information content (AvgIpc) is 3.07. The highest BCUT2D eigenvalue weighted by Crippen LogP contribution is 2.33. The highest BCUT2D eigenvalue weighted by molar-refractivity contribution is 6.34. The molecule has 2 aliphatic heterocycles. The molecule has 9 heteroatoms. The molecule has 2 fully saturated rings. The molecule has 2 aliphatic rings. The van der Waals surface area contributed by atoms with Crippen LogP contribution in [0.25, 0.3) is 0 Å². The molecule has 1 unspecified atom stereocenters. The summed E-state index contributed by atoms with van der Waals surface area (Å²) in [6.07, 6.45) is 1.04. The molecule has 2 N–H and O–H groups in total. The van der Waals surface area contributed by atoms with Crippen molar-refractivity contribution in [3.63, 3.8) is 0 Å². The zero-order valence-electron chi connectivity index (χ0n) is 15.0. The van der Waals surface area contributed by atoms with Crippen LogP contribution >= 0.6 is 11.6 Å². The number of piperidine rings is 1. The molecule has 27 heavy (non-hydrogen) atoms. The summed E-state index contributed by atoms with van der Waals surface area (Å²) < 4.78 is 5.11. The first kappa shape index (κ1) is 19.4. The summed E-state index contributed by atoms with van der Waals surface area (Å²) in [5, 5.41) is 12.7. The van der Waals surface area contributed by atoms with Gasteiger partial charge in [0, 0.05) is 38.9 Å². The quantitative estimate of drug-likeness (QED) is 0.792. The number of carbonyl (C=O) groups is 3. The molecule has 1 aromatic carbocycles. The van der Waals surface area contributed by atoms with E-state index in [-0.39, 0.29) is 25.1 Å². The summed E-state index contributed by atoms with van der Waals surface area (Å²) in [4.78, 5) is 39.7. The Hall–Kier alpha value is -2.32. The van der Waals surface area contributed by atoms with Crippen molar-refractivity contribution < 1.29 is 24.2 Å². The summed E-state index contributed by atoms with van der Waals surface area (Å²) in [6, 6.07) is 4.50. The number of nitrogens with zero attached hydrogens (tertiary/aromatic N) is 2. The van der Waals surface area contributed by atoms with E-state index >= 15 is 0 Å². The second-order valence-corrected chi connectivity index (χ2v) is 7.31. The van der Waals surface area contributed by atoms with Crippen molar-refractivity contribution in [2.45, 2.75) is 12.8 Å². The molecule has 3 amide bonds. The largest absolute Gasteiger partial charge is 0.481 e. The second-order valence-electron chi connectivity index (χ2n) is 6.90. The van der Waals surface area contributed by atoms with E-state index in [4.69, 9.17) is 16.3 Å². The maximum absolute atomic E-state index is 13.0. The molecule has 0 bridgehead atoms. The first-order valence-corrected chi connectivity index (χ1v) is 9.12. The number of amides is 3. The van der Waals surface area contributed by atoms with Gasteiger partial charge in [-0.25, -0.2) is 4.79 Å². The first-order chi connectivity index (χ1) is 12.9. The maximum atomic E-state index is 13.0. The standard InChI is InChI=1S/C18H22ClN3O5/c1-27-11-18(16(24)25)5-2-7-21(10-18)15(23)12-3-4-13(19)14(9-12)22-8-6-20-17(22)26/h3-4,9H,2,5-8,10-11H2,1H3,(H,20,26)(H,24,25). The minimum Gasteiger partial charge on any atom is -0.481 e. The maximum Gasteiger partial charge on any atom is 0.322 e. The zero-order valence-corrected chi connectivity index (χ0v) is 15.8. The van der Waals surface area contributed by atoms with E-state index in [9.17, 15) is 19.5 Å². The van der Waals surface area contributed by atoms with Crippen LogP contribution in [0.15, 0.2) is 18.2 Å². The Kier molecular flexibility index (Phi) is 5.57. The van der Waals surface area contributed by atoms with Gasteiger partial charge in [-0.2, -0.15) is 0 Å². The van der Waals surface area contributed by atoms with Gasteiger partial charge in [0.05, 0.1) is 17.3 Å². The fourth-order valence-electron chi connectivity index (χ4n) is 3.67. The number of rotatable bonds is 5. The predicted molar refractivity (Wildman–Crippen MR) is 99.3 cm³/mol. The molecule has 0 saturated carbocycles. The van der Waals surface area contributed by atoms with Crippen molar-refractivity contribution in [2.75, 3.05) is 44.8 Å². The Morgan fingerprint density at radius 3 is 2.78 bits per heavy atom. The molecular weight excluding hydrogens is 374 g/mol. The van der Waals surface area contributed by atoms with Crippen molar-refractivity contribution in [1.29, 1.82) is 0 Å². The van der Waals surface area contributed by atoms with Crippen molar-refractivity contribution in [1.82, 2.24) is 10.2 Å². The van der Waals surface area contributed by atoms with Crippen LogP contribution < -0.4 is 10.2 Å². The molecular formula is C18H22ClN3O5. The van der Waals surface area contributed by atoms with E-state index in [1.165, 1.54) is 16.9 Å². The van der Waals surface area contributed by atoms with Crippen molar-refractivity contribution >= 4 is 35.2 Å². The fraction of sp³-hybridized carbons (Fsp3) is 0.500. The molecule has 3 rings (SSSR count). The molecule has 146 valence electrons. The summed E-state index contributed by atoms with van der Waals surface area (Å²) in [7, 11) is 1.46. The fourth-order valence-corrected chi connectivity index (χ4v) is 3.89. The van der Waals surface area contributed by atoms with Gasteiger partial charge in [-0.3, -0.25) is 14.5 Å². The highest BCUT2D eigenvalue weighted by atomic mass is 35.5. The van der Waals surface area contributed by atoms with Crippen LogP contribution in [0.2, 0.25) is 5.02 Å². The summed E-state index contributed by atoms with van der Waals surface area (Å²) in [5.41, 5.74) is -0.268. The third-order valence-corrected chi connectivity index (χ3v) is 5.40. The number of aliphatic carboxylic acids is 1. The Bertz CT molecular complexity index is 767. The Labute approximate surface area is 162 Å². The number of carbonyl (C=O) groups excluding carboxylic acids is 2. The number of methoxy groups -OCH3 is 1. The lowest BCUT2D eigenvalue weighted by molar-refractivity contribution is -0.155. The van der Waals surface area contributed by atoms with Gasteiger partial charge < -0.3 is 20.1 Å². The van der Waals surface area contributed by atoms with Crippen molar-refractivity contribution in [3.8, 4) is 0 Å². The van der Waals surface area contributed by atoms with Crippen LogP contribution in [0.3, 0.4) is 0 Å². The SMILES string of the molecule is COCC1(C(=O)O)CCCN(C(=O)c2ccc(Cl)c(N3CCNC3=O)c2)C1. The highest BCUT2D eigenvalue weighted by Gasteiger charge is 2.44. The van der Waals surface area contributed by atoms with Crippen LogP contribution in [0.4, 0.5) is 10.5 Å². The van der Waals surface area contributed by atoms with Crippen LogP contribution in [0.5, 0.6) is 0 Å². The van der Waals surface area contributed by atoms with Crippen LogP contribution in [-0.2, 0) is 9.53 Å². The monoisotopic (exact) mass is 395 g/mol. The average molecular weight is 396 g/mol. The number of hydrogen-bond donors (Lipinski definition) is 2. The number of hydrogen-bond acceptors (Lipinski definition) is 4. The van der Waals surface area contributed by atoms with Crippen molar-refractivity contribution in [2.24, 2.45) is 5.41 Å². The van der Waals surface area contributed by atoms with Gasteiger partial charge in [-0.05, 0) is 31.0 Å². The molecule has 1 atom stereocenters. The lowest BCUT2D eigenvalue weighted by Gasteiger charge is -2.39. The van der Waals surface area contributed by atoms with E-state index < -0.39 is 11.4 Å². The summed E-state index contributed by atoms with van der Waals surface area (Å²) >= 11 is 6.22. The van der Waals surface area contributed by atoms with E-state index in [1.807, 2.05) is 0 Å². The molecule has 0 aromatic heterocycles. The third-order valence-electron chi connectivity index (χ3n) is 5.08. The van der Waals surface area contributed by atoms with Gasteiger partial charge in [-0.1, -0.05) is 11.6 Å². The van der Waals surface area contributed by atoms with Gasteiger partial charge >= 0.3 is 12.0 Å². The summed E-state index contributed by atoms with van der Waals surface area (Å²) in [6.45, 7) is 1.58. The number of benzene rings is 1. The molecule has 1 aromatic rings. The van der Waals surface area contributed by atoms with E-state index in [0.29, 0.717) is 48.7 Å². The second kappa shape index (κ2) is 7.74. The topological polar surface area (TPSA) is 99.2 Å². The van der Waals surface area contributed by atoms with Crippen molar-refractivity contribution in [3.05, 3.63) is 28.8 Å². The Balaban J connectivity index is 1.85. The lowest BCUT2D eigenvalue weighted by Crippen LogP contribution is -2.52. The number of urea groups is 1.